The molecule has 6 heteroatoms. The second-order valence-electron chi connectivity index (χ2n) is 4.25. The molecule has 0 aromatic carbocycles. The Bertz CT molecular complexity index is 354. The van der Waals surface area contributed by atoms with Crippen molar-refractivity contribution in [1.29, 1.82) is 0 Å². The zero-order chi connectivity index (χ0) is 13.9. The van der Waals surface area contributed by atoms with Crippen molar-refractivity contribution in [2.75, 3.05) is 19.8 Å². The van der Waals surface area contributed by atoms with E-state index < -0.39 is 0 Å². The Morgan fingerprint density at radius 1 is 1.58 bits per heavy atom. The van der Waals surface area contributed by atoms with E-state index in [1.54, 1.807) is 11.3 Å². The molecule has 1 atom stereocenters. The minimum Gasteiger partial charge on any atom is -0.382 e. The highest BCUT2D eigenvalue weighted by atomic mass is 32.1. The Kier molecular flexibility index (Phi) is 8.20. The second kappa shape index (κ2) is 9.77. The van der Waals surface area contributed by atoms with Crippen molar-refractivity contribution < 1.29 is 4.74 Å². The number of nitrogens with zero attached hydrogens (tertiary/aromatic N) is 1. The first-order chi connectivity index (χ1) is 9.26. The van der Waals surface area contributed by atoms with E-state index >= 15 is 0 Å². The van der Waals surface area contributed by atoms with E-state index in [9.17, 15) is 0 Å². The molecule has 1 heterocycles. The highest BCUT2D eigenvalue weighted by molar-refractivity contribution is 7.09. The summed E-state index contributed by atoms with van der Waals surface area (Å²) in [6, 6.07) is 4.49. The van der Waals surface area contributed by atoms with Gasteiger partial charge in [-0.05, 0) is 31.7 Å². The molecule has 1 unspecified atom stereocenters. The molecule has 0 aliphatic heterocycles. The fourth-order valence-corrected chi connectivity index (χ4v) is 2.48. The van der Waals surface area contributed by atoms with Crippen LogP contribution in [0.5, 0.6) is 0 Å². The molecule has 108 valence electrons. The van der Waals surface area contributed by atoms with Crippen LogP contribution < -0.4 is 16.6 Å². The highest BCUT2D eigenvalue weighted by Crippen LogP contribution is 2.10. The van der Waals surface area contributed by atoms with Gasteiger partial charge in [0.25, 0.3) is 0 Å². The summed E-state index contributed by atoms with van der Waals surface area (Å²) < 4.78 is 5.26. The molecular formula is C13H24N4OS. The van der Waals surface area contributed by atoms with Gasteiger partial charge in [0.1, 0.15) is 0 Å². The van der Waals surface area contributed by atoms with Crippen LogP contribution in [0, 0.1) is 0 Å². The Labute approximate surface area is 119 Å². The number of hydrogen-bond donors (Lipinski definition) is 3. The minimum atomic E-state index is 0.292. The van der Waals surface area contributed by atoms with Crippen molar-refractivity contribution in [3.8, 4) is 0 Å². The molecule has 0 aliphatic carbocycles. The molecule has 19 heavy (non-hydrogen) atoms. The maximum absolute atomic E-state index is 5.46. The minimum absolute atomic E-state index is 0.292. The van der Waals surface area contributed by atoms with Gasteiger partial charge >= 0.3 is 0 Å². The predicted molar refractivity (Wildman–Crippen MR) is 81.4 cm³/mol. The smallest absolute Gasteiger partial charge is 0.205 e. The summed E-state index contributed by atoms with van der Waals surface area (Å²) >= 11 is 1.76. The number of nitrogens with one attached hydrogen (secondary N) is 2. The number of nitrogens with two attached hydrogens (primary N) is 1. The van der Waals surface area contributed by atoms with Crippen LogP contribution in [0.25, 0.3) is 0 Å². The van der Waals surface area contributed by atoms with E-state index in [0.717, 1.165) is 26.1 Å². The zero-order valence-corrected chi connectivity index (χ0v) is 12.5. The van der Waals surface area contributed by atoms with Gasteiger partial charge in [0, 0.05) is 37.1 Å². The van der Waals surface area contributed by atoms with Crippen molar-refractivity contribution >= 4 is 17.3 Å². The van der Waals surface area contributed by atoms with E-state index in [1.165, 1.54) is 4.88 Å². The summed E-state index contributed by atoms with van der Waals surface area (Å²) in [6.45, 7) is 6.30. The van der Waals surface area contributed by atoms with Crippen molar-refractivity contribution in [3.05, 3.63) is 22.4 Å². The van der Waals surface area contributed by atoms with E-state index in [2.05, 4.69) is 40.2 Å². The number of aliphatic imine (C=N–C) groups is 1. The van der Waals surface area contributed by atoms with Crippen molar-refractivity contribution in [2.24, 2.45) is 10.8 Å². The van der Waals surface area contributed by atoms with Crippen LogP contribution in [0.4, 0.5) is 0 Å². The summed E-state index contributed by atoms with van der Waals surface area (Å²) in [5.74, 6) is 6.10. The summed E-state index contributed by atoms with van der Waals surface area (Å²) in [5, 5.41) is 5.36. The summed E-state index contributed by atoms with van der Waals surface area (Å²) in [6.07, 6.45) is 1.87. The zero-order valence-electron chi connectivity index (χ0n) is 11.7. The predicted octanol–water partition coefficient (Wildman–Crippen LogP) is 1.51. The topological polar surface area (TPSA) is 71.7 Å². The molecule has 0 spiro atoms. The molecule has 0 aliphatic rings. The third-order valence-electron chi connectivity index (χ3n) is 2.53. The molecule has 0 fully saturated rings. The average molecular weight is 284 g/mol. The van der Waals surface area contributed by atoms with Crippen LogP contribution in [0.1, 0.15) is 25.1 Å². The number of rotatable bonds is 8. The van der Waals surface area contributed by atoms with Crippen LogP contribution in [0.3, 0.4) is 0 Å². The van der Waals surface area contributed by atoms with E-state index in [-0.39, 0.29) is 0 Å². The molecule has 4 N–H and O–H groups in total. The van der Waals surface area contributed by atoms with E-state index in [4.69, 9.17) is 10.6 Å². The Morgan fingerprint density at radius 3 is 3.05 bits per heavy atom. The number of hydrogen-bond acceptors (Lipinski definition) is 4. The first-order valence-corrected chi connectivity index (χ1v) is 7.52. The van der Waals surface area contributed by atoms with Crippen LogP contribution in [-0.2, 0) is 11.2 Å². The lowest BCUT2D eigenvalue weighted by molar-refractivity contribution is 0.146. The lowest BCUT2D eigenvalue weighted by Crippen LogP contribution is -2.46. The van der Waals surface area contributed by atoms with Crippen LogP contribution in [-0.4, -0.2) is 31.8 Å². The third-order valence-corrected chi connectivity index (χ3v) is 3.43. The molecule has 1 aromatic heterocycles. The molecule has 0 saturated carbocycles. The fourth-order valence-electron chi connectivity index (χ4n) is 1.65. The molecule has 0 saturated heterocycles. The second-order valence-corrected chi connectivity index (χ2v) is 5.29. The van der Waals surface area contributed by atoms with Gasteiger partial charge in [-0.15, -0.1) is 11.3 Å². The lowest BCUT2D eigenvalue weighted by Gasteiger charge is -2.15. The molecule has 1 rings (SSSR count). The van der Waals surface area contributed by atoms with Gasteiger partial charge in [0.15, 0.2) is 0 Å². The fraction of sp³-hybridized carbons (Fsp3) is 0.615. The maximum atomic E-state index is 5.46. The summed E-state index contributed by atoms with van der Waals surface area (Å²) in [7, 11) is 0. The standard InChI is InChI=1S/C13H24N4OS/c1-3-18-8-5-7-15-13(17-14)16-11(2)10-12-6-4-9-19-12/h4,6,9,11H,3,5,7-8,10,14H2,1-2H3,(H2,15,16,17). The Balaban J connectivity index is 2.27. The van der Waals surface area contributed by atoms with Crippen molar-refractivity contribution in [2.45, 2.75) is 32.7 Å². The summed E-state index contributed by atoms with van der Waals surface area (Å²) in [4.78, 5) is 5.73. The molecular weight excluding hydrogens is 260 g/mol. The van der Waals surface area contributed by atoms with Gasteiger partial charge in [-0.3, -0.25) is 10.4 Å². The monoisotopic (exact) mass is 284 g/mol. The first-order valence-electron chi connectivity index (χ1n) is 6.64. The summed E-state index contributed by atoms with van der Waals surface area (Å²) in [5.41, 5.74) is 2.60. The van der Waals surface area contributed by atoms with Gasteiger partial charge in [-0.1, -0.05) is 6.07 Å². The van der Waals surface area contributed by atoms with E-state index in [0.29, 0.717) is 18.5 Å². The first kappa shape index (κ1) is 15.9. The maximum Gasteiger partial charge on any atom is 0.205 e. The lowest BCUT2D eigenvalue weighted by atomic mass is 10.2. The third kappa shape index (κ3) is 7.15. The van der Waals surface area contributed by atoms with Crippen molar-refractivity contribution in [3.63, 3.8) is 0 Å². The molecule has 0 bridgehead atoms. The molecule has 0 amide bonds. The average Bonchev–Trinajstić information content (AvgIpc) is 2.89. The van der Waals surface area contributed by atoms with Gasteiger partial charge in [-0.25, -0.2) is 5.84 Å². The number of thiophene rings is 1. The van der Waals surface area contributed by atoms with E-state index in [1.807, 2.05) is 6.92 Å². The number of ether oxygens (including phenoxy) is 1. The largest absolute Gasteiger partial charge is 0.382 e. The van der Waals surface area contributed by atoms with Crippen LogP contribution in [0.2, 0.25) is 0 Å². The number of hydrazine groups is 1. The molecule has 1 aromatic rings. The Hall–Kier alpha value is -1.11. The molecule has 5 nitrogen and oxygen atoms in total. The number of guanidine groups is 1. The SMILES string of the molecule is CCOCCCN=C(NN)NC(C)Cc1cccs1. The van der Waals surface area contributed by atoms with Gasteiger partial charge < -0.3 is 10.1 Å². The molecule has 0 radical (unpaired) electrons. The normalized spacial score (nSPS) is 13.3. The quantitative estimate of drug-likeness (QED) is 0.222. The van der Waals surface area contributed by atoms with Gasteiger partial charge in [-0.2, -0.15) is 0 Å². The van der Waals surface area contributed by atoms with Crippen LogP contribution in [0.15, 0.2) is 22.5 Å². The highest BCUT2D eigenvalue weighted by Gasteiger charge is 2.06. The van der Waals surface area contributed by atoms with Gasteiger partial charge in [0.05, 0.1) is 0 Å². The Morgan fingerprint density at radius 2 is 2.42 bits per heavy atom. The van der Waals surface area contributed by atoms with Crippen LogP contribution >= 0.6 is 11.3 Å². The van der Waals surface area contributed by atoms with Crippen molar-refractivity contribution in [1.82, 2.24) is 10.7 Å². The van der Waals surface area contributed by atoms with Gasteiger partial charge in [0.2, 0.25) is 5.96 Å².